The van der Waals surface area contributed by atoms with E-state index < -0.39 is 23.2 Å². The summed E-state index contributed by atoms with van der Waals surface area (Å²) in [6.07, 6.45) is -4.75. The van der Waals surface area contributed by atoms with Crippen LogP contribution in [0.3, 0.4) is 0 Å². The number of anilines is 2. The van der Waals surface area contributed by atoms with Crippen LogP contribution in [0, 0.1) is 11.3 Å². The highest BCUT2D eigenvalue weighted by Gasteiger charge is 2.36. The molecule has 0 aliphatic heterocycles. The van der Waals surface area contributed by atoms with Crippen molar-refractivity contribution in [3.63, 3.8) is 0 Å². The first-order valence-corrected chi connectivity index (χ1v) is 10.9. The fourth-order valence-corrected chi connectivity index (χ4v) is 4.21. The quantitative estimate of drug-likeness (QED) is 0.465. The van der Waals surface area contributed by atoms with Gasteiger partial charge in [0, 0.05) is 18.3 Å². The molecule has 164 valence electrons. The first-order chi connectivity index (χ1) is 15.2. The van der Waals surface area contributed by atoms with Crippen LogP contribution in [0.2, 0.25) is 0 Å². The molecule has 3 rings (SSSR count). The molecular formula is C21H15F3N4O2S2. The number of carbonyl (C=O) groups is 2. The van der Waals surface area contributed by atoms with Crippen molar-refractivity contribution in [2.45, 2.75) is 18.1 Å². The summed E-state index contributed by atoms with van der Waals surface area (Å²) in [4.78, 5) is 28.3. The third kappa shape index (κ3) is 5.87. The molecule has 3 aromatic rings. The predicted octanol–water partition coefficient (Wildman–Crippen LogP) is 5.39. The van der Waals surface area contributed by atoms with Gasteiger partial charge in [0.25, 0.3) is 0 Å². The second-order valence-corrected chi connectivity index (χ2v) is 8.33. The summed E-state index contributed by atoms with van der Waals surface area (Å²) in [5.41, 5.74) is -0.752. The number of aromatic nitrogens is 1. The van der Waals surface area contributed by atoms with Gasteiger partial charge in [0.15, 0.2) is 0 Å². The first-order valence-electron chi connectivity index (χ1n) is 9.04. The molecule has 0 spiro atoms. The van der Waals surface area contributed by atoms with Crippen LogP contribution in [0.15, 0.2) is 52.9 Å². The Labute approximate surface area is 189 Å². The van der Waals surface area contributed by atoms with Crippen LogP contribution in [-0.2, 0) is 15.8 Å². The van der Waals surface area contributed by atoms with E-state index in [-0.39, 0.29) is 22.4 Å². The van der Waals surface area contributed by atoms with Crippen molar-refractivity contribution in [2.24, 2.45) is 0 Å². The van der Waals surface area contributed by atoms with Crippen molar-refractivity contribution in [2.75, 3.05) is 16.4 Å². The van der Waals surface area contributed by atoms with E-state index in [1.165, 1.54) is 18.3 Å². The van der Waals surface area contributed by atoms with Crippen LogP contribution in [0.5, 0.6) is 0 Å². The molecule has 2 amide bonds. The number of carbonyl (C=O) groups excluding carboxylic acids is 2. The lowest BCUT2D eigenvalue weighted by Crippen LogP contribution is -2.15. The maximum Gasteiger partial charge on any atom is 0.417 e. The van der Waals surface area contributed by atoms with Crippen LogP contribution in [0.25, 0.3) is 10.6 Å². The van der Waals surface area contributed by atoms with Gasteiger partial charge in [-0.05, 0) is 35.7 Å². The number of nitriles is 1. The number of pyridine rings is 1. The van der Waals surface area contributed by atoms with Crippen LogP contribution >= 0.6 is 23.1 Å². The van der Waals surface area contributed by atoms with Gasteiger partial charge >= 0.3 is 6.18 Å². The third-order valence-corrected chi connectivity index (χ3v) is 5.85. The number of rotatable bonds is 6. The molecule has 2 N–H and O–H groups in total. The molecule has 0 aliphatic carbocycles. The second-order valence-electron chi connectivity index (χ2n) is 6.42. The largest absolute Gasteiger partial charge is 0.417 e. The zero-order valence-electron chi connectivity index (χ0n) is 16.5. The average Bonchev–Trinajstić information content (AvgIpc) is 3.25. The van der Waals surface area contributed by atoms with Crippen LogP contribution < -0.4 is 10.6 Å². The van der Waals surface area contributed by atoms with Crippen molar-refractivity contribution in [1.82, 2.24) is 4.98 Å². The summed E-state index contributed by atoms with van der Waals surface area (Å²) in [5.74, 6) is -1.04. The van der Waals surface area contributed by atoms with Gasteiger partial charge in [0.05, 0.1) is 27.5 Å². The standard InChI is InChI=1S/C21H15F3N4O2S2/c1-12(29)26-13-4-2-5-14(8-13)27-19(30)11-32-20-15(10-25)16(21(22,23)24)9-17(28-20)18-6-3-7-31-18/h2-9H,11H2,1H3,(H,26,29)(H,27,30). The van der Waals surface area contributed by atoms with Crippen LogP contribution in [0.1, 0.15) is 18.1 Å². The zero-order valence-corrected chi connectivity index (χ0v) is 18.1. The van der Waals surface area contributed by atoms with Crippen molar-refractivity contribution < 1.29 is 22.8 Å². The van der Waals surface area contributed by atoms with Gasteiger partial charge in [-0.2, -0.15) is 18.4 Å². The van der Waals surface area contributed by atoms with E-state index in [0.29, 0.717) is 16.3 Å². The van der Waals surface area contributed by atoms with Crippen molar-refractivity contribution in [3.8, 4) is 16.6 Å². The smallest absolute Gasteiger partial charge is 0.326 e. The van der Waals surface area contributed by atoms with Gasteiger partial charge in [0.2, 0.25) is 11.8 Å². The normalized spacial score (nSPS) is 11.0. The Bertz CT molecular complexity index is 1190. The Hall–Kier alpha value is -3.36. The molecule has 11 heteroatoms. The summed E-state index contributed by atoms with van der Waals surface area (Å²) in [6, 6.07) is 12.1. The van der Waals surface area contributed by atoms with Crippen molar-refractivity contribution >= 4 is 46.3 Å². The summed E-state index contributed by atoms with van der Waals surface area (Å²) in [6.45, 7) is 1.35. The molecule has 0 atom stereocenters. The lowest BCUT2D eigenvalue weighted by atomic mass is 10.1. The van der Waals surface area contributed by atoms with E-state index in [9.17, 15) is 28.0 Å². The number of benzene rings is 1. The lowest BCUT2D eigenvalue weighted by molar-refractivity contribution is -0.138. The SMILES string of the molecule is CC(=O)Nc1cccc(NC(=O)CSc2nc(-c3cccs3)cc(C(F)(F)F)c2C#N)c1. The molecule has 0 unspecified atom stereocenters. The minimum Gasteiger partial charge on any atom is -0.326 e. The maximum atomic E-state index is 13.6. The van der Waals surface area contributed by atoms with Crippen LogP contribution in [-0.4, -0.2) is 22.6 Å². The van der Waals surface area contributed by atoms with E-state index in [0.717, 1.165) is 17.8 Å². The summed E-state index contributed by atoms with van der Waals surface area (Å²) < 4.78 is 40.7. The third-order valence-electron chi connectivity index (χ3n) is 3.98. The van der Waals surface area contributed by atoms with E-state index >= 15 is 0 Å². The number of nitrogens with one attached hydrogen (secondary N) is 2. The molecule has 0 aliphatic rings. The summed E-state index contributed by atoms with van der Waals surface area (Å²) in [7, 11) is 0. The number of thiophene rings is 1. The number of alkyl halides is 3. The lowest BCUT2D eigenvalue weighted by Gasteiger charge is -2.14. The molecule has 2 heterocycles. The molecular weight excluding hydrogens is 461 g/mol. The number of nitrogens with zero attached hydrogens (tertiary/aromatic N) is 2. The Morgan fingerprint density at radius 2 is 1.88 bits per heavy atom. The van der Waals surface area contributed by atoms with Crippen LogP contribution in [0.4, 0.5) is 24.5 Å². The van der Waals surface area contributed by atoms with Gasteiger partial charge in [-0.15, -0.1) is 11.3 Å². The second kappa shape index (κ2) is 9.84. The first kappa shape index (κ1) is 23.3. The highest BCUT2D eigenvalue weighted by Crippen LogP contribution is 2.38. The molecule has 1 aromatic carbocycles. The van der Waals surface area contributed by atoms with E-state index in [2.05, 4.69) is 15.6 Å². The minimum absolute atomic E-state index is 0.0808. The highest BCUT2D eigenvalue weighted by molar-refractivity contribution is 8.00. The Kier molecular flexibility index (Phi) is 7.17. The Balaban J connectivity index is 1.82. The Morgan fingerprint density at radius 1 is 1.16 bits per heavy atom. The van der Waals surface area contributed by atoms with Gasteiger partial charge in [-0.3, -0.25) is 9.59 Å². The fourth-order valence-electron chi connectivity index (χ4n) is 2.72. The van der Waals surface area contributed by atoms with Crippen molar-refractivity contribution in [3.05, 3.63) is 59.0 Å². The Morgan fingerprint density at radius 3 is 2.47 bits per heavy atom. The summed E-state index contributed by atoms with van der Waals surface area (Å²) >= 11 is 1.96. The fraction of sp³-hybridized carbons (Fsp3) is 0.143. The van der Waals surface area contributed by atoms with Crippen molar-refractivity contribution in [1.29, 1.82) is 5.26 Å². The summed E-state index contributed by atoms with van der Waals surface area (Å²) in [5, 5.41) is 16.1. The van der Waals surface area contributed by atoms with E-state index in [1.54, 1.807) is 47.8 Å². The molecule has 0 saturated heterocycles. The number of halogens is 3. The number of thioether (sulfide) groups is 1. The molecule has 2 aromatic heterocycles. The topological polar surface area (TPSA) is 94.9 Å². The molecule has 0 fully saturated rings. The molecule has 0 bridgehead atoms. The minimum atomic E-state index is -4.75. The average molecular weight is 477 g/mol. The number of hydrogen-bond acceptors (Lipinski definition) is 6. The molecule has 6 nitrogen and oxygen atoms in total. The monoisotopic (exact) mass is 476 g/mol. The number of amides is 2. The van der Waals surface area contributed by atoms with Gasteiger partial charge < -0.3 is 10.6 Å². The molecule has 32 heavy (non-hydrogen) atoms. The van der Waals surface area contributed by atoms with Gasteiger partial charge in [-0.1, -0.05) is 23.9 Å². The highest BCUT2D eigenvalue weighted by atomic mass is 32.2. The van der Waals surface area contributed by atoms with E-state index in [4.69, 9.17) is 0 Å². The molecule has 0 radical (unpaired) electrons. The maximum absolute atomic E-state index is 13.6. The number of hydrogen-bond donors (Lipinski definition) is 2. The van der Waals surface area contributed by atoms with Gasteiger partial charge in [0.1, 0.15) is 11.1 Å². The zero-order chi connectivity index (χ0) is 23.3. The molecule has 0 saturated carbocycles. The van der Waals surface area contributed by atoms with E-state index in [1.807, 2.05) is 0 Å². The predicted molar refractivity (Wildman–Crippen MR) is 117 cm³/mol. The van der Waals surface area contributed by atoms with Gasteiger partial charge in [-0.25, -0.2) is 4.98 Å².